The number of hydrogen-bond acceptors (Lipinski definition) is 6. The molecule has 2 aromatic carbocycles. The number of hydrazone groups is 1. The van der Waals surface area contributed by atoms with E-state index in [2.05, 4.69) is 26.9 Å². The first kappa shape index (κ1) is 25.5. The quantitative estimate of drug-likeness (QED) is 0.121. The van der Waals surface area contributed by atoms with Crippen LogP contribution < -0.4 is 11.7 Å². The molecule has 1 unspecified atom stereocenters. The number of hydrogen-bond donors (Lipinski definition) is 3. The molecule has 1 aromatic heterocycles. The van der Waals surface area contributed by atoms with Gasteiger partial charge in [-0.3, -0.25) is 9.99 Å². The van der Waals surface area contributed by atoms with E-state index >= 15 is 8.78 Å². The van der Waals surface area contributed by atoms with Crippen LogP contribution in [0.3, 0.4) is 0 Å². The fourth-order valence-corrected chi connectivity index (χ4v) is 3.05. The van der Waals surface area contributed by atoms with Crippen molar-refractivity contribution in [2.75, 3.05) is 6.54 Å². The normalized spacial score (nSPS) is 13.3. The second-order valence-electron chi connectivity index (χ2n) is 7.16. The molecule has 3 aromatic rings. The van der Waals surface area contributed by atoms with Crippen LogP contribution >= 0.6 is 0 Å². The average molecular weight is 494 g/mol. The van der Waals surface area contributed by atoms with E-state index in [1.807, 2.05) is 0 Å². The SMILES string of the molecule is N/N=C\N(N)CC(O)(c1ccc(F)cc1F)C(F)(F)c1cnc(C#Cc2ccc(F)c(F)c2)cn1. The van der Waals surface area contributed by atoms with Crippen LogP contribution in [0.25, 0.3) is 0 Å². The second kappa shape index (κ2) is 10.00. The van der Waals surface area contributed by atoms with Gasteiger partial charge in [-0.05, 0) is 36.3 Å². The summed E-state index contributed by atoms with van der Waals surface area (Å²) >= 11 is 0. The summed E-state index contributed by atoms with van der Waals surface area (Å²) in [4.78, 5) is 7.28. The summed E-state index contributed by atoms with van der Waals surface area (Å²) in [5.41, 5.74) is -5.49. The van der Waals surface area contributed by atoms with E-state index in [-0.39, 0.29) is 11.3 Å². The lowest BCUT2D eigenvalue weighted by Gasteiger charge is -2.37. The van der Waals surface area contributed by atoms with E-state index in [4.69, 9.17) is 11.7 Å². The highest BCUT2D eigenvalue weighted by Crippen LogP contribution is 2.45. The number of rotatable bonds is 6. The molecule has 0 saturated heterocycles. The van der Waals surface area contributed by atoms with Crippen molar-refractivity contribution in [3.05, 3.63) is 94.6 Å². The van der Waals surface area contributed by atoms with Crippen LogP contribution in [0.15, 0.2) is 53.9 Å². The minimum absolute atomic E-state index is 0.0888. The highest BCUT2D eigenvalue weighted by molar-refractivity contribution is 5.53. The number of alkyl halides is 2. The van der Waals surface area contributed by atoms with Crippen LogP contribution in [0.2, 0.25) is 0 Å². The first-order valence-electron chi connectivity index (χ1n) is 9.58. The maximum Gasteiger partial charge on any atom is 0.325 e. The number of nitrogens with zero attached hydrogens (tertiary/aromatic N) is 4. The van der Waals surface area contributed by atoms with Gasteiger partial charge in [0.15, 0.2) is 17.2 Å². The highest BCUT2D eigenvalue weighted by atomic mass is 19.3. The van der Waals surface area contributed by atoms with E-state index in [9.17, 15) is 22.7 Å². The molecule has 3 rings (SSSR count). The van der Waals surface area contributed by atoms with Crippen molar-refractivity contribution < 1.29 is 31.4 Å². The zero-order valence-electron chi connectivity index (χ0n) is 17.6. The van der Waals surface area contributed by atoms with Crippen LogP contribution in [0, 0.1) is 35.1 Å². The Labute approximate surface area is 194 Å². The zero-order chi connectivity index (χ0) is 25.8. The Balaban J connectivity index is 2.00. The minimum atomic E-state index is -4.33. The molecule has 0 aliphatic rings. The van der Waals surface area contributed by atoms with E-state index in [0.717, 1.165) is 18.3 Å². The molecule has 0 radical (unpaired) electrons. The Morgan fingerprint density at radius 1 is 0.971 bits per heavy atom. The molecule has 0 amide bonds. The summed E-state index contributed by atoms with van der Waals surface area (Å²) in [5.74, 6) is 6.31. The largest absolute Gasteiger partial charge is 0.377 e. The standard InChI is InChI=1S/C22H16F6N6O/c23-14-3-5-16(18(25)8-14)21(35,11-34(30)12-33-29)22(27,28)20-10-31-15(9-32-20)4-1-13-2-6-17(24)19(26)7-13/h2-3,5-10,12,35H,11,29-30H2/b33-12-. The van der Waals surface area contributed by atoms with Gasteiger partial charge in [-0.2, -0.15) is 13.9 Å². The molecule has 1 atom stereocenters. The van der Waals surface area contributed by atoms with Gasteiger partial charge in [-0.25, -0.2) is 28.4 Å². The maximum absolute atomic E-state index is 15.6. The summed E-state index contributed by atoms with van der Waals surface area (Å²) in [6.45, 7) is -1.14. The lowest BCUT2D eigenvalue weighted by atomic mass is 9.84. The molecule has 0 fully saturated rings. The third-order valence-electron chi connectivity index (χ3n) is 4.75. The highest BCUT2D eigenvalue weighted by Gasteiger charge is 2.58. The summed E-state index contributed by atoms with van der Waals surface area (Å²) in [6, 6.07) is 4.53. The lowest BCUT2D eigenvalue weighted by Crippen LogP contribution is -2.54. The molecular formula is C22H16F6N6O. The van der Waals surface area contributed by atoms with Gasteiger partial charge in [0.05, 0.1) is 18.9 Å². The monoisotopic (exact) mass is 494 g/mol. The van der Waals surface area contributed by atoms with Gasteiger partial charge in [0.2, 0.25) is 0 Å². The molecule has 182 valence electrons. The van der Waals surface area contributed by atoms with Crippen molar-refractivity contribution in [2.45, 2.75) is 11.5 Å². The van der Waals surface area contributed by atoms with Crippen molar-refractivity contribution in [3.63, 3.8) is 0 Å². The van der Waals surface area contributed by atoms with Crippen molar-refractivity contribution in [1.29, 1.82) is 0 Å². The number of benzene rings is 2. The van der Waals surface area contributed by atoms with E-state index < -0.39 is 52.6 Å². The molecule has 0 spiro atoms. The molecule has 0 aliphatic heterocycles. The zero-order valence-corrected chi connectivity index (χ0v) is 17.6. The Morgan fingerprint density at radius 2 is 1.71 bits per heavy atom. The van der Waals surface area contributed by atoms with Gasteiger partial charge in [-0.1, -0.05) is 5.92 Å². The summed E-state index contributed by atoms with van der Waals surface area (Å²) in [7, 11) is 0. The van der Waals surface area contributed by atoms with Gasteiger partial charge in [0, 0.05) is 17.2 Å². The van der Waals surface area contributed by atoms with Crippen molar-refractivity contribution in [2.24, 2.45) is 16.8 Å². The first-order chi connectivity index (χ1) is 16.5. The topological polar surface area (TPSA) is 114 Å². The molecule has 0 aliphatic carbocycles. The molecular weight excluding hydrogens is 478 g/mol. The molecule has 13 heteroatoms. The van der Waals surface area contributed by atoms with Crippen LogP contribution in [0.5, 0.6) is 0 Å². The van der Waals surface area contributed by atoms with Gasteiger partial charge in [0.25, 0.3) is 0 Å². The Bertz CT molecular complexity index is 1310. The Morgan fingerprint density at radius 3 is 2.31 bits per heavy atom. The number of halogens is 6. The Kier molecular flexibility index (Phi) is 7.28. The van der Waals surface area contributed by atoms with Crippen LogP contribution in [-0.4, -0.2) is 33.0 Å². The Hall–Kier alpha value is -4.15. The first-order valence-corrected chi connectivity index (χ1v) is 9.58. The van der Waals surface area contributed by atoms with Crippen molar-refractivity contribution in [1.82, 2.24) is 15.0 Å². The summed E-state index contributed by atoms with van der Waals surface area (Å²) in [5, 5.41) is 14.5. The van der Waals surface area contributed by atoms with Crippen LogP contribution in [-0.2, 0) is 11.5 Å². The fourth-order valence-electron chi connectivity index (χ4n) is 3.05. The van der Waals surface area contributed by atoms with Gasteiger partial charge >= 0.3 is 5.92 Å². The summed E-state index contributed by atoms with van der Waals surface area (Å²) in [6.07, 6.45) is 2.11. The van der Waals surface area contributed by atoms with E-state index in [1.165, 1.54) is 6.07 Å². The van der Waals surface area contributed by atoms with Crippen LogP contribution in [0.4, 0.5) is 26.3 Å². The summed E-state index contributed by atoms with van der Waals surface area (Å²) < 4.78 is 85.2. The van der Waals surface area contributed by atoms with Crippen LogP contribution in [0.1, 0.15) is 22.5 Å². The minimum Gasteiger partial charge on any atom is -0.377 e. The second-order valence-corrected chi connectivity index (χ2v) is 7.16. The molecule has 1 heterocycles. The molecule has 0 saturated carbocycles. The van der Waals surface area contributed by atoms with Gasteiger partial charge in [-0.15, -0.1) is 0 Å². The van der Waals surface area contributed by atoms with Gasteiger partial charge < -0.3 is 10.9 Å². The van der Waals surface area contributed by atoms with E-state index in [1.54, 1.807) is 0 Å². The molecule has 5 N–H and O–H groups in total. The van der Waals surface area contributed by atoms with Crippen molar-refractivity contribution in [3.8, 4) is 11.8 Å². The average Bonchev–Trinajstić information content (AvgIpc) is 2.80. The predicted molar refractivity (Wildman–Crippen MR) is 112 cm³/mol. The third-order valence-corrected chi connectivity index (χ3v) is 4.75. The number of aromatic nitrogens is 2. The maximum atomic E-state index is 15.6. The number of hydrazine groups is 1. The number of aliphatic hydroxyl groups is 1. The molecule has 0 bridgehead atoms. The van der Waals surface area contributed by atoms with Gasteiger partial charge in [0.1, 0.15) is 29.4 Å². The molecule has 7 nitrogen and oxygen atoms in total. The lowest BCUT2D eigenvalue weighted by molar-refractivity contribution is -0.204. The fraction of sp³-hybridized carbons (Fsp3) is 0.136. The molecule has 35 heavy (non-hydrogen) atoms. The van der Waals surface area contributed by atoms with E-state index in [0.29, 0.717) is 35.7 Å². The third kappa shape index (κ3) is 5.34. The van der Waals surface area contributed by atoms with Crippen molar-refractivity contribution >= 4 is 6.34 Å². The number of nitrogens with two attached hydrogens (primary N) is 2. The smallest absolute Gasteiger partial charge is 0.325 e. The predicted octanol–water partition coefficient (Wildman–Crippen LogP) is 2.49.